The topological polar surface area (TPSA) is 74.6 Å². The van der Waals surface area contributed by atoms with Crippen molar-refractivity contribution in [3.8, 4) is 20.9 Å². The number of thiophene rings is 2. The van der Waals surface area contributed by atoms with E-state index in [4.69, 9.17) is 0 Å². The second-order valence-corrected chi connectivity index (χ2v) is 9.02. The van der Waals surface area contributed by atoms with Crippen molar-refractivity contribution >= 4 is 54.8 Å². The van der Waals surface area contributed by atoms with Crippen molar-refractivity contribution in [3.05, 3.63) is 83.9 Å². The van der Waals surface area contributed by atoms with Crippen LogP contribution in [0.3, 0.4) is 0 Å². The van der Waals surface area contributed by atoms with E-state index in [0.29, 0.717) is 11.1 Å². The molecule has 3 aromatic carbocycles. The first-order chi connectivity index (χ1) is 14.5. The fourth-order valence-corrected chi connectivity index (χ4v) is 5.78. The average molecular weight is 431 g/mol. The van der Waals surface area contributed by atoms with Gasteiger partial charge in [0.2, 0.25) is 0 Å². The van der Waals surface area contributed by atoms with Crippen LogP contribution in [0.5, 0.6) is 0 Å². The summed E-state index contributed by atoms with van der Waals surface area (Å²) in [6, 6.07) is 22.3. The zero-order valence-electron chi connectivity index (χ0n) is 15.5. The van der Waals surface area contributed by atoms with Gasteiger partial charge in [0.05, 0.1) is 11.1 Å². The third kappa shape index (κ3) is 3.07. The van der Waals surface area contributed by atoms with Crippen molar-refractivity contribution < 1.29 is 19.8 Å². The standard InChI is InChI=1S/C24H14O4S2/c25-23(26)17-12-16(22-10-14-6-2-4-8-20(14)30-22)18(24(27)28)11-15(17)21-9-13-5-1-3-7-19(13)29-21/h1-12H,(H,25,26)(H,27,28). The maximum absolute atomic E-state index is 12.1. The van der Waals surface area contributed by atoms with Gasteiger partial charge in [-0.1, -0.05) is 36.4 Å². The predicted molar refractivity (Wildman–Crippen MR) is 122 cm³/mol. The molecule has 0 saturated carbocycles. The van der Waals surface area contributed by atoms with E-state index in [2.05, 4.69) is 0 Å². The first-order valence-corrected chi connectivity index (χ1v) is 10.8. The molecule has 0 aliphatic carbocycles. The summed E-state index contributed by atoms with van der Waals surface area (Å²) in [5.41, 5.74) is 1.04. The van der Waals surface area contributed by atoms with Gasteiger partial charge in [0.1, 0.15) is 0 Å². The van der Waals surface area contributed by atoms with Crippen molar-refractivity contribution in [2.45, 2.75) is 0 Å². The van der Waals surface area contributed by atoms with Gasteiger partial charge in [-0.2, -0.15) is 0 Å². The highest BCUT2D eigenvalue weighted by atomic mass is 32.1. The molecule has 0 aliphatic heterocycles. The van der Waals surface area contributed by atoms with Gasteiger partial charge in [-0.25, -0.2) is 9.59 Å². The molecular weight excluding hydrogens is 416 g/mol. The van der Waals surface area contributed by atoms with E-state index in [0.717, 1.165) is 29.9 Å². The fourth-order valence-electron chi connectivity index (χ4n) is 3.59. The summed E-state index contributed by atoms with van der Waals surface area (Å²) in [6.45, 7) is 0. The maximum atomic E-state index is 12.1. The number of carbonyl (C=O) groups is 2. The summed E-state index contributed by atoms with van der Waals surface area (Å²) in [6.07, 6.45) is 0. The van der Waals surface area contributed by atoms with Crippen molar-refractivity contribution in [2.75, 3.05) is 0 Å². The van der Waals surface area contributed by atoms with Gasteiger partial charge < -0.3 is 10.2 Å². The van der Waals surface area contributed by atoms with Gasteiger partial charge in [-0.15, -0.1) is 22.7 Å². The van der Waals surface area contributed by atoms with Crippen molar-refractivity contribution in [2.24, 2.45) is 0 Å². The Labute approximate surface area is 179 Å². The minimum atomic E-state index is -1.08. The largest absolute Gasteiger partial charge is 0.478 e. The van der Waals surface area contributed by atoms with Gasteiger partial charge >= 0.3 is 11.9 Å². The molecule has 0 saturated heterocycles. The molecule has 2 N–H and O–H groups in total. The highest BCUT2D eigenvalue weighted by Crippen LogP contribution is 2.41. The minimum Gasteiger partial charge on any atom is -0.478 e. The lowest BCUT2D eigenvalue weighted by molar-refractivity contribution is 0.0682. The van der Waals surface area contributed by atoms with E-state index >= 15 is 0 Å². The summed E-state index contributed by atoms with van der Waals surface area (Å²) in [5, 5.41) is 21.8. The molecule has 0 atom stereocenters. The molecule has 2 aromatic heterocycles. The number of hydrogen-bond donors (Lipinski definition) is 2. The van der Waals surface area contributed by atoms with Crippen LogP contribution in [-0.4, -0.2) is 22.2 Å². The number of hydrogen-bond acceptors (Lipinski definition) is 4. The molecule has 4 nitrogen and oxygen atoms in total. The van der Waals surface area contributed by atoms with Crippen LogP contribution < -0.4 is 0 Å². The molecule has 5 rings (SSSR count). The molecule has 5 aromatic rings. The quantitative estimate of drug-likeness (QED) is 0.327. The first-order valence-electron chi connectivity index (χ1n) is 9.14. The number of carboxylic acids is 2. The lowest BCUT2D eigenvalue weighted by atomic mass is 9.96. The van der Waals surface area contributed by atoms with Crippen LogP contribution in [0.15, 0.2) is 72.8 Å². The van der Waals surface area contributed by atoms with Crippen molar-refractivity contribution in [1.82, 2.24) is 0 Å². The van der Waals surface area contributed by atoms with Gasteiger partial charge in [-0.3, -0.25) is 0 Å². The van der Waals surface area contributed by atoms with Crippen LogP contribution in [-0.2, 0) is 0 Å². The zero-order valence-corrected chi connectivity index (χ0v) is 17.1. The molecule has 0 aliphatic rings. The zero-order chi connectivity index (χ0) is 20.8. The Balaban J connectivity index is 1.77. The van der Waals surface area contributed by atoms with Crippen LogP contribution in [0.4, 0.5) is 0 Å². The molecule has 0 bridgehead atoms. The minimum absolute atomic E-state index is 0.0963. The molecule has 30 heavy (non-hydrogen) atoms. The summed E-state index contributed by atoms with van der Waals surface area (Å²) in [4.78, 5) is 25.7. The third-order valence-electron chi connectivity index (χ3n) is 5.00. The normalized spacial score (nSPS) is 11.2. The molecule has 2 heterocycles. The maximum Gasteiger partial charge on any atom is 0.336 e. The second kappa shape index (κ2) is 7.09. The highest BCUT2D eigenvalue weighted by Gasteiger charge is 2.22. The van der Waals surface area contributed by atoms with E-state index in [1.165, 1.54) is 34.8 Å². The Bertz CT molecular complexity index is 1280. The van der Waals surface area contributed by atoms with Gasteiger partial charge in [-0.05, 0) is 47.2 Å². The fraction of sp³-hybridized carbons (Fsp3) is 0. The van der Waals surface area contributed by atoms with Gasteiger partial charge in [0, 0.05) is 30.3 Å². The molecular formula is C24H14O4S2. The van der Waals surface area contributed by atoms with Gasteiger partial charge in [0.25, 0.3) is 0 Å². The smallest absolute Gasteiger partial charge is 0.336 e. The van der Waals surface area contributed by atoms with E-state index in [1.54, 1.807) is 0 Å². The predicted octanol–water partition coefficient (Wildman–Crippen LogP) is 6.85. The summed E-state index contributed by atoms with van der Waals surface area (Å²) in [5.74, 6) is -2.16. The monoisotopic (exact) mass is 430 g/mol. The van der Waals surface area contributed by atoms with Gasteiger partial charge in [0.15, 0.2) is 0 Å². The Morgan fingerprint density at radius 2 is 1.00 bits per heavy atom. The summed E-state index contributed by atoms with van der Waals surface area (Å²) < 4.78 is 2.04. The van der Waals surface area contributed by atoms with E-state index < -0.39 is 11.9 Å². The molecule has 0 unspecified atom stereocenters. The molecule has 6 heteroatoms. The molecule has 0 spiro atoms. The number of aromatic carboxylic acids is 2. The Kier molecular flexibility index (Phi) is 4.38. The SMILES string of the molecule is O=C(O)c1cc(-c2cc3ccccc3s2)c(C(=O)O)cc1-c1cc2ccccc2s1. The van der Waals surface area contributed by atoms with Crippen LogP contribution in [0.2, 0.25) is 0 Å². The lowest BCUT2D eigenvalue weighted by Gasteiger charge is -2.11. The third-order valence-corrected chi connectivity index (χ3v) is 7.30. The molecule has 0 radical (unpaired) electrons. The Morgan fingerprint density at radius 1 is 0.600 bits per heavy atom. The lowest BCUT2D eigenvalue weighted by Crippen LogP contribution is -2.05. The number of benzene rings is 3. The number of rotatable bonds is 4. The van der Waals surface area contributed by atoms with Crippen molar-refractivity contribution in [1.29, 1.82) is 0 Å². The van der Waals surface area contributed by atoms with Crippen molar-refractivity contribution in [3.63, 3.8) is 0 Å². The Morgan fingerprint density at radius 3 is 1.37 bits per heavy atom. The average Bonchev–Trinajstić information content (AvgIpc) is 3.36. The molecule has 146 valence electrons. The van der Waals surface area contributed by atoms with Crippen LogP contribution in [0, 0.1) is 0 Å². The van der Waals surface area contributed by atoms with Crippen LogP contribution in [0.1, 0.15) is 20.7 Å². The summed E-state index contributed by atoms with van der Waals surface area (Å²) in [7, 11) is 0. The van der Waals surface area contributed by atoms with E-state index in [9.17, 15) is 19.8 Å². The molecule has 0 amide bonds. The summed E-state index contributed by atoms with van der Waals surface area (Å²) >= 11 is 2.91. The van der Waals surface area contributed by atoms with E-state index in [-0.39, 0.29) is 11.1 Å². The first kappa shape index (κ1) is 18.5. The van der Waals surface area contributed by atoms with Crippen LogP contribution >= 0.6 is 22.7 Å². The van der Waals surface area contributed by atoms with Crippen LogP contribution in [0.25, 0.3) is 41.1 Å². The number of carboxylic acid groups (broad SMARTS) is 2. The second-order valence-electron chi connectivity index (χ2n) is 6.85. The van der Waals surface area contributed by atoms with E-state index in [1.807, 2.05) is 60.7 Å². The number of fused-ring (bicyclic) bond motifs is 2. The Hall–Kier alpha value is -3.48. The highest BCUT2D eigenvalue weighted by molar-refractivity contribution is 7.22. The molecule has 0 fully saturated rings.